The first-order valence-electron chi connectivity index (χ1n) is 13.9. The van der Waals surface area contributed by atoms with Crippen LogP contribution in [0.3, 0.4) is 0 Å². The topological polar surface area (TPSA) is 107 Å². The third-order valence-corrected chi connectivity index (χ3v) is 8.51. The molecule has 10 heteroatoms. The predicted molar refractivity (Wildman–Crippen MR) is 167 cm³/mol. The van der Waals surface area contributed by atoms with Gasteiger partial charge < -0.3 is 14.4 Å². The van der Waals surface area contributed by atoms with Crippen LogP contribution in [0, 0.1) is 0 Å². The van der Waals surface area contributed by atoms with Crippen molar-refractivity contribution in [2.75, 3.05) is 25.2 Å². The van der Waals surface area contributed by atoms with Crippen molar-refractivity contribution in [2.24, 2.45) is 4.99 Å². The summed E-state index contributed by atoms with van der Waals surface area (Å²) in [5.74, 6) is -1.46. The number of ether oxygens (including phenoxy) is 2. The number of aromatic nitrogens is 1. The smallest absolute Gasteiger partial charge is 0.338 e. The third kappa shape index (κ3) is 4.69. The maximum absolute atomic E-state index is 14.4. The SMILES string of the molecule is C=CCN1C(=O)C(=c2sc3n(c2=O)C(c2ccc(C(=O)OC)cc2)C(C(=O)OCC)=C(c2ccccc2)N=3)c2ccccc21. The van der Waals surface area contributed by atoms with Gasteiger partial charge in [0.25, 0.3) is 11.5 Å². The summed E-state index contributed by atoms with van der Waals surface area (Å²) < 4.78 is 12.0. The monoisotopic (exact) mass is 605 g/mol. The second kappa shape index (κ2) is 11.7. The first-order chi connectivity index (χ1) is 21.4. The highest BCUT2D eigenvalue weighted by molar-refractivity contribution is 7.07. The van der Waals surface area contributed by atoms with E-state index in [0.717, 1.165) is 11.3 Å². The van der Waals surface area contributed by atoms with Gasteiger partial charge in [-0.25, -0.2) is 14.6 Å². The lowest BCUT2D eigenvalue weighted by Crippen LogP contribution is -2.41. The van der Waals surface area contributed by atoms with Gasteiger partial charge in [-0.3, -0.25) is 14.2 Å². The van der Waals surface area contributed by atoms with Crippen LogP contribution in [-0.4, -0.2) is 42.7 Å². The van der Waals surface area contributed by atoms with Crippen LogP contribution in [0.4, 0.5) is 5.69 Å². The summed E-state index contributed by atoms with van der Waals surface area (Å²) in [6, 6.07) is 22.0. The van der Waals surface area contributed by atoms with Gasteiger partial charge >= 0.3 is 11.9 Å². The van der Waals surface area contributed by atoms with Crippen molar-refractivity contribution in [2.45, 2.75) is 13.0 Å². The maximum Gasteiger partial charge on any atom is 0.338 e. The minimum atomic E-state index is -0.961. The van der Waals surface area contributed by atoms with Crippen LogP contribution in [0.5, 0.6) is 0 Å². The molecule has 0 N–H and O–H groups in total. The Hall–Kier alpha value is -5.35. The number of benzene rings is 3. The molecule has 1 unspecified atom stereocenters. The molecule has 6 rings (SSSR count). The lowest BCUT2D eigenvalue weighted by molar-refractivity contribution is -0.138. The molecule has 220 valence electrons. The Morgan fingerprint density at radius 1 is 0.977 bits per heavy atom. The van der Waals surface area contributed by atoms with E-state index >= 15 is 0 Å². The van der Waals surface area contributed by atoms with E-state index in [1.54, 1.807) is 42.2 Å². The van der Waals surface area contributed by atoms with E-state index in [0.29, 0.717) is 38.4 Å². The summed E-state index contributed by atoms with van der Waals surface area (Å²) >= 11 is 1.10. The fourth-order valence-electron chi connectivity index (χ4n) is 5.54. The molecule has 9 nitrogen and oxygen atoms in total. The molecule has 0 spiro atoms. The van der Waals surface area contributed by atoms with Gasteiger partial charge in [0.2, 0.25) is 0 Å². The van der Waals surface area contributed by atoms with E-state index in [1.165, 1.54) is 11.7 Å². The van der Waals surface area contributed by atoms with Crippen LogP contribution in [0.15, 0.2) is 107 Å². The van der Waals surface area contributed by atoms with Crippen molar-refractivity contribution in [1.82, 2.24) is 4.57 Å². The molecule has 0 saturated carbocycles. The molecule has 0 saturated heterocycles. The number of methoxy groups -OCH3 is 1. The zero-order chi connectivity index (χ0) is 31.0. The second-order valence-corrected chi connectivity index (χ2v) is 10.9. The molecule has 3 heterocycles. The highest BCUT2D eigenvalue weighted by atomic mass is 32.1. The number of anilines is 1. The number of amides is 1. The molecule has 2 aliphatic rings. The Morgan fingerprint density at radius 3 is 2.36 bits per heavy atom. The summed E-state index contributed by atoms with van der Waals surface area (Å²) in [7, 11) is 1.29. The number of hydrogen-bond donors (Lipinski definition) is 0. The molecule has 0 radical (unpaired) electrons. The molecule has 0 bridgehead atoms. The Bertz CT molecular complexity index is 2040. The van der Waals surface area contributed by atoms with E-state index in [-0.39, 0.29) is 34.7 Å². The maximum atomic E-state index is 14.4. The standard InChI is InChI=1S/C34H27N3O6S/c1-4-19-36-24-14-10-9-13-23(24)25(30(36)38)29-31(39)37-28(21-15-17-22(18-16-21)32(40)42-3)26(33(41)43-5-2)27(35-34(37)44-29)20-11-7-6-8-12-20/h4,6-18,28H,1,5,19H2,2-3H3. The molecule has 3 aromatic carbocycles. The number of carbonyl (C=O) groups excluding carboxylic acids is 3. The molecular formula is C34H27N3O6S. The molecule has 0 fully saturated rings. The lowest BCUT2D eigenvalue weighted by Gasteiger charge is -2.26. The van der Waals surface area contributed by atoms with E-state index in [9.17, 15) is 19.2 Å². The predicted octanol–water partition coefficient (Wildman–Crippen LogP) is 3.63. The molecule has 1 atom stereocenters. The summed E-state index contributed by atoms with van der Waals surface area (Å²) in [4.78, 5) is 60.9. The normalized spacial score (nSPS) is 16.6. The summed E-state index contributed by atoms with van der Waals surface area (Å²) in [5, 5.41) is 0. The van der Waals surface area contributed by atoms with Gasteiger partial charge in [-0.2, -0.15) is 0 Å². The zero-order valence-electron chi connectivity index (χ0n) is 24.0. The van der Waals surface area contributed by atoms with Crippen LogP contribution in [0.25, 0.3) is 11.3 Å². The largest absolute Gasteiger partial charge is 0.465 e. The van der Waals surface area contributed by atoms with Gasteiger partial charge in [0.05, 0.1) is 47.9 Å². The first kappa shape index (κ1) is 28.8. The molecule has 4 aromatic rings. The number of rotatable bonds is 7. The average molecular weight is 606 g/mol. The van der Waals surface area contributed by atoms with Crippen molar-refractivity contribution in [3.05, 3.63) is 139 Å². The highest BCUT2D eigenvalue weighted by Crippen LogP contribution is 2.37. The van der Waals surface area contributed by atoms with Gasteiger partial charge in [-0.1, -0.05) is 78.1 Å². The van der Waals surface area contributed by atoms with Crippen LogP contribution in [-0.2, 0) is 19.1 Å². The Labute approximate surface area is 256 Å². The third-order valence-electron chi connectivity index (χ3n) is 7.46. The summed E-state index contributed by atoms with van der Waals surface area (Å²) in [6.07, 6.45) is 1.63. The van der Waals surface area contributed by atoms with Crippen molar-refractivity contribution in [3.63, 3.8) is 0 Å². The Morgan fingerprint density at radius 2 is 1.68 bits per heavy atom. The average Bonchev–Trinajstić information content (AvgIpc) is 3.52. The second-order valence-electron chi connectivity index (χ2n) is 9.96. The van der Waals surface area contributed by atoms with Crippen LogP contribution in [0.2, 0.25) is 0 Å². The molecule has 1 aromatic heterocycles. The van der Waals surface area contributed by atoms with E-state index in [2.05, 4.69) is 6.58 Å². The fraction of sp³-hybridized carbons (Fsp3) is 0.147. The number of hydrogen-bond acceptors (Lipinski definition) is 8. The number of carbonyl (C=O) groups is 3. The Balaban J connectivity index is 1.69. The lowest BCUT2D eigenvalue weighted by atomic mass is 9.92. The number of fused-ring (bicyclic) bond motifs is 2. The quantitative estimate of drug-likeness (QED) is 0.235. The number of nitrogens with zero attached hydrogens (tertiary/aromatic N) is 3. The van der Waals surface area contributed by atoms with E-state index in [1.807, 2.05) is 54.6 Å². The van der Waals surface area contributed by atoms with E-state index in [4.69, 9.17) is 14.5 Å². The van der Waals surface area contributed by atoms with Crippen molar-refractivity contribution >= 4 is 46.1 Å². The van der Waals surface area contributed by atoms with Crippen LogP contribution in [0.1, 0.15) is 40.0 Å². The van der Waals surface area contributed by atoms with Crippen LogP contribution < -0.4 is 19.8 Å². The van der Waals surface area contributed by atoms with Gasteiger partial charge in [-0.05, 0) is 30.7 Å². The van der Waals surface area contributed by atoms with Gasteiger partial charge in [0.15, 0.2) is 4.80 Å². The van der Waals surface area contributed by atoms with Gasteiger partial charge in [0, 0.05) is 17.7 Å². The Kier molecular flexibility index (Phi) is 7.67. The fourth-order valence-corrected chi connectivity index (χ4v) is 6.63. The molecule has 2 aliphatic heterocycles. The van der Waals surface area contributed by atoms with Crippen molar-refractivity contribution in [3.8, 4) is 0 Å². The summed E-state index contributed by atoms with van der Waals surface area (Å²) in [6.45, 7) is 5.87. The van der Waals surface area contributed by atoms with Crippen LogP contribution >= 0.6 is 11.3 Å². The van der Waals surface area contributed by atoms with E-state index < -0.39 is 23.5 Å². The summed E-state index contributed by atoms with van der Waals surface area (Å²) in [5.41, 5.74) is 3.17. The molecular weight excluding hydrogens is 578 g/mol. The minimum absolute atomic E-state index is 0.109. The minimum Gasteiger partial charge on any atom is -0.465 e. The van der Waals surface area contributed by atoms with Crippen molar-refractivity contribution in [1.29, 1.82) is 0 Å². The molecule has 44 heavy (non-hydrogen) atoms. The van der Waals surface area contributed by atoms with Gasteiger partial charge in [0.1, 0.15) is 4.53 Å². The first-order valence-corrected chi connectivity index (χ1v) is 14.7. The highest BCUT2D eigenvalue weighted by Gasteiger charge is 2.38. The number of para-hydroxylation sites is 1. The van der Waals surface area contributed by atoms with Gasteiger partial charge in [-0.15, -0.1) is 6.58 Å². The number of thiazole rings is 1. The number of esters is 2. The van der Waals surface area contributed by atoms with Crippen molar-refractivity contribution < 1.29 is 23.9 Å². The molecule has 0 aliphatic carbocycles. The molecule has 1 amide bonds. The zero-order valence-corrected chi connectivity index (χ0v) is 24.8.